The van der Waals surface area contributed by atoms with E-state index >= 15 is 0 Å². The Morgan fingerprint density at radius 3 is 2.55 bits per heavy atom. The number of aromatic nitrogens is 4. The summed E-state index contributed by atoms with van der Waals surface area (Å²) in [5.74, 6) is -0.107. The minimum atomic E-state index is -0.153. The van der Waals surface area contributed by atoms with Gasteiger partial charge in [0.1, 0.15) is 0 Å². The van der Waals surface area contributed by atoms with Crippen LogP contribution in [0, 0.1) is 0 Å². The van der Waals surface area contributed by atoms with Gasteiger partial charge in [0.2, 0.25) is 5.91 Å². The van der Waals surface area contributed by atoms with Crippen molar-refractivity contribution in [2.24, 2.45) is 7.05 Å². The molecule has 158 valence electrons. The number of fused-ring (bicyclic) bond motifs is 2. The maximum absolute atomic E-state index is 12.5. The van der Waals surface area contributed by atoms with Gasteiger partial charge < -0.3 is 9.88 Å². The number of anilines is 1. The summed E-state index contributed by atoms with van der Waals surface area (Å²) in [6.45, 7) is 0.569. The lowest BCUT2D eigenvalue weighted by Crippen LogP contribution is -2.20. The third-order valence-corrected chi connectivity index (χ3v) is 5.24. The van der Waals surface area contributed by atoms with Gasteiger partial charge in [-0.3, -0.25) is 19.0 Å². The number of carbonyl (C=O) groups is 1. The van der Waals surface area contributed by atoms with Crippen LogP contribution in [0.15, 0.2) is 64.7 Å². The molecule has 1 amide bonds. The van der Waals surface area contributed by atoms with E-state index in [1.807, 2.05) is 18.2 Å². The van der Waals surface area contributed by atoms with Gasteiger partial charge in [-0.1, -0.05) is 18.6 Å². The summed E-state index contributed by atoms with van der Waals surface area (Å²) in [7, 11) is 1.64. The molecule has 2 heterocycles. The number of benzene rings is 2. The van der Waals surface area contributed by atoms with E-state index in [2.05, 4.69) is 15.3 Å². The lowest BCUT2D eigenvalue weighted by atomic mass is 10.1. The highest BCUT2D eigenvalue weighted by Gasteiger charge is 2.07. The van der Waals surface area contributed by atoms with Crippen molar-refractivity contribution in [1.82, 2.24) is 19.1 Å². The van der Waals surface area contributed by atoms with Gasteiger partial charge in [-0.15, -0.1) is 0 Å². The van der Waals surface area contributed by atoms with Crippen LogP contribution < -0.4 is 16.4 Å². The molecule has 4 rings (SSSR count). The molecule has 8 nitrogen and oxygen atoms in total. The van der Waals surface area contributed by atoms with E-state index in [1.54, 1.807) is 42.2 Å². The summed E-state index contributed by atoms with van der Waals surface area (Å²) in [4.78, 5) is 45.5. The molecule has 0 spiro atoms. The van der Waals surface area contributed by atoms with Crippen LogP contribution in [0.2, 0.25) is 0 Å². The fraction of sp³-hybridized carbons (Fsp3) is 0.261. The topological polar surface area (TPSA) is 98.9 Å². The predicted octanol–water partition coefficient (Wildman–Crippen LogP) is 2.84. The lowest BCUT2D eigenvalue weighted by Gasteiger charge is -2.08. The molecular formula is C23H23N5O3. The molecule has 1 N–H and O–H groups in total. The number of carbonyl (C=O) groups excluding carboxylic acids is 1. The van der Waals surface area contributed by atoms with Crippen molar-refractivity contribution in [3.05, 3.63) is 75.8 Å². The van der Waals surface area contributed by atoms with Crippen LogP contribution in [0.25, 0.3) is 21.8 Å². The quantitative estimate of drug-likeness (QED) is 0.466. The second kappa shape index (κ2) is 8.91. The number of rotatable bonds is 7. The molecule has 0 unspecified atom stereocenters. The first-order valence-corrected chi connectivity index (χ1v) is 10.2. The van der Waals surface area contributed by atoms with Crippen LogP contribution in [-0.4, -0.2) is 25.0 Å². The molecule has 0 saturated carbocycles. The van der Waals surface area contributed by atoms with Crippen LogP contribution in [0.4, 0.5) is 5.69 Å². The molecule has 0 aliphatic rings. The number of aryl methyl sites for hydroxylation is 2. The Bertz CT molecular complexity index is 1370. The lowest BCUT2D eigenvalue weighted by molar-refractivity contribution is -0.116. The van der Waals surface area contributed by atoms with Crippen molar-refractivity contribution in [3.8, 4) is 0 Å². The number of amides is 1. The molecule has 0 fully saturated rings. The molecule has 2 aromatic carbocycles. The number of hydrogen-bond acceptors (Lipinski definition) is 5. The predicted molar refractivity (Wildman–Crippen MR) is 120 cm³/mol. The van der Waals surface area contributed by atoms with Crippen molar-refractivity contribution < 1.29 is 4.79 Å². The van der Waals surface area contributed by atoms with Crippen molar-refractivity contribution in [1.29, 1.82) is 0 Å². The molecule has 8 heteroatoms. The largest absolute Gasteiger partial charge is 0.326 e. The summed E-state index contributed by atoms with van der Waals surface area (Å²) >= 11 is 0. The Hall–Kier alpha value is -3.81. The first-order chi connectivity index (χ1) is 15.0. The summed E-state index contributed by atoms with van der Waals surface area (Å²) in [6, 6.07) is 12.4. The number of unbranched alkanes of at least 4 members (excludes halogenated alkanes) is 2. The van der Waals surface area contributed by atoms with Crippen molar-refractivity contribution >= 4 is 33.4 Å². The van der Waals surface area contributed by atoms with E-state index in [0.29, 0.717) is 46.9 Å². The molecule has 31 heavy (non-hydrogen) atoms. The summed E-state index contributed by atoms with van der Waals surface area (Å²) in [5.41, 5.74) is 1.68. The number of nitrogens with one attached hydrogen (secondary N) is 1. The molecule has 0 radical (unpaired) electrons. The van der Waals surface area contributed by atoms with E-state index in [4.69, 9.17) is 0 Å². The zero-order valence-electron chi connectivity index (χ0n) is 17.2. The fourth-order valence-corrected chi connectivity index (χ4v) is 3.52. The van der Waals surface area contributed by atoms with Crippen LogP contribution in [0.5, 0.6) is 0 Å². The van der Waals surface area contributed by atoms with Crippen LogP contribution in [0.1, 0.15) is 25.7 Å². The highest BCUT2D eigenvalue weighted by atomic mass is 16.1. The van der Waals surface area contributed by atoms with Crippen LogP contribution in [-0.2, 0) is 18.4 Å². The van der Waals surface area contributed by atoms with Gasteiger partial charge in [0.15, 0.2) is 0 Å². The number of hydrogen-bond donors (Lipinski definition) is 1. The van der Waals surface area contributed by atoms with Crippen LogP contribution >= 0.6 is 0 Å². The van der Waals surface area contributed by atoms with Gasteiger partial charge >= 0.3 is 0 Å². The standard InChI is InChI=1S/C23H23N5O3/c1-27-14-24-20-11-10-16(13-18(20)22(27)30)26-21(29)9-3-2-6-12-28-15-25-19-8-5-4-7-17(19)23(28)31/h4-5,7-8,10-11,13-15H,2-3,6,9,12H2,1H3,(H,26,29). The Morgan fingerprint density at radius 2 is 1.68 bits per heavy atom. The SMILES string of the molecule is Cn1cnc2ccc(NC(=O)CCCCCn3cnc4ccccc4c3=O)cc2c1=O. The monoisotopic (exact) mass is 417 g/mol. The van der Waals surface area contributed by atoms with E-state index in [9.17, 15) is 14.4 Å². The van der Waals surface area contributed by atoms with E-state index < -0.39 is 0 Å². The van der Waals surface area contributed by atoms with Gasteiger partial charge in [0.05, 0.1) is 34.5 Å². The summed E-state index contributed by atoms with van der Waals surface area (Å²) in [6.07, 6.45) is 5.73. The Balaban J connectivity index is 1.28. The third-order valence-electron chi connectivity index (χ3n) is 5.24. The molecule has 4 aromatic rings. The minimum Gasteiger partial charge on any atom is -0.326 e. The summed E-state index contributed by atoms with van der Waals surface area (Å²) < 4.78 is 3.02. The number of nitrogens with zero attached hydrogens (tertiary/aromatic N) is 4. The molecular weight excluding hydrogens is 394 g/mol. The number of para-hydroxylation sites is 1. The van der Waals surface area contributed by atoms with Crippen molar-refractivity contribution in [2.75, 3.05) is 5.32 Å². The zero-order valence-corrected chi connectivity index (χ0v) is 17.2. The molecule has 0 aliphatic heterocycles. The van der Waals surface area contributed by atoms with Crippen molar-refractivity contribution in [3.63, 3.8) is 0 Å². The first-order valence-electron chi connectivity index (χ1n) is 10.2. The third kappa shape index (κ3) is 4.53. The van der Waals surface area contributed by atoms with E-state index in [1.165, 1.54) is 10.9 Å². The van der Waals surface area contributed by atoms with Crippen molar-refractivity contribution in [2.45, 2.75) is 32.2 Å². The first kappa shape index (κ1) is 20.5. The average Bonchev–Trinajstić information content (AvgIpc) is 2.78. The highest BCUT2D eigenvalue weighted by Crippen LogP contribution is 2.15. The molecule has 2 aromatic heterocycles. The normalized spacial score (nSPS) is 11.1. The second-order valence-electron chi connectivity index (χ2n) is 7.51. The van der Waals surface area contributed by atoms with Crippen LogP contribution in [0.3, 0.4) is 0 Å². The molecule has 0 saturated heterocycles. The van der Waals surface area contributed by atoms with E-state index in [0.717, 1.165) is 12.8 Å². The van der Waals surface area contributed by atoms with E-state index in [-0.39, 0.29) is 17.0 Å². The van der Waals surface area contributed by atoms with Gasteiger partial charge in [-0.05, 0) is 43.2 Å². The highest BCUT2D eigenvalue weighted by molar-refractivity contribution is 5.93. The van der Waals surface area contributed by atoms with Gasteiger partial charge in [0, 0.05) is 25.7 Å². The second-order valence-corrected chi connectivity index (χ2v) is 7.51. The van der Waals surface area contributed by atoms with Gasteiger partial charge in [-0.25, -0.2) is 9.97 Å². The van der Waals surface area contributed by atoms with Gasteiger partial charge in [0.25, 0.3) is 11.1 Å². The summed E-state index contributed by atoms with van der Waals surface area (Å²) in [5, 5.41) is 3.92. The average molecular weight is 417 g/mol. The minimum absolute atomic E-state index is 0.0414. The molecule has 0 bridgehead atoms. The van der Waals surface area contributed by atoms with Gasteiger partial charge in [-0.2, -0.15) is 0 Å². The Kier molecular flexibility index (Phi) is 5.88. The maximum atomic E-state index is 12.5. The maximum Gasteiger partial charge on any atom is 0.261 e. The smallest absolute Gasteiger partial charge is 0.261 e. The fourth-order valence-electron chi connectivity index (χ4n) is 3.52. The Morgan fingerprint density at radius 1 is 0.903 bits per heavy atom. The Labute approximate surface area is 178 Å². The molecule has 0 atom stereocenters. The molecule has 0 aliphatic carbocycles. The zero-order chi connectivity index (χ0) is 21.8.